The van der Waals surface area contributed by atoms with Crippen LogP contribution < -0.4 is 4.74 Å². The van der Waals surface area contributed by atoms with Gasteiger partial charge < -0.3 is 9.64 Å². The van der Waals surface area contributed by atoms with E-state index in [1.165, 1.54) is 11.3 Å². The molecule has 3 aromatic heterocycles. The molecule has 0 saturated carbocycles. The summed E-state index contributed by atoms with van der Waals surface area (Å²) in [5.41, 5.74) is 5.00. The number of ether oxygens (including phenoxy) is 1. The smallest absolute Gasteiger partial charge is 0.272 e. The molecule has 0 aromatic carbocycles. The highest BCUT2D eigenvalue weighted by Crippen LogP contribution is 2.32. The minimum absolute atomic E-state index is 0.206. The van der Waals surface area contributed by atoms with Crippen LogP contribution in [0.4, 0.5) is 0 Å². The van der Waals surface area contributed by atoms with Crippen molar-refractivity contribution in [3.63, 3.8) is 0 Å². The standard InChI is InChI=1S/C22H19N5O2S/c1-3-29-21-18(14-6-17(7-23)30-13-14)4-5-20(26-21)22(28)27(2)12-16-10-24-8-15-9-25-11-19(15)16/h4-6,8-10,13H,3,11-12H2,1-2H3. The Morgan fingerprint density at radius 2 is 2.23 bits per heavy atom. The average molecular weight is 417 g/mol. The highest BCUT2D eigenvalue weighted by atomic mass is 32.1. The van der Waals surface area contributed by atoms with Crippen molar-refractivity contribution < 1.29 is 9.53 Å². The van der Waals surface area contributed by atoms with Gasteiger partial charge in [0, 0.05) is 48.7 Å². The van der Waals surface area contributed by atoms with Crippen molar-refractivity contribution in [3.05, 3.63) is 63.2 Å². The van der Waals surface area contributed by atoms with Crippen molar-refractivity contribution in [3.8, 4) is 23.1 Å². The average Bonchev–Trinajstić information content (AvgIpc) is 3.43. The molecule has 0 radical (unpaired) electrons. The van der Waals surface area contributed by atoms with Crippen LogP contribution in [-0.2, 0) is 13.1 Å². The Labute approximate surface area is 178 Å². The highest BCUT2D eigenvalue weighted by molar-refractivity contribution is 7.10. The quantitative estimate of drug-likeness (QED) is 0.610. The number of fused-ring (bicyclic) bond motifs is 1. The van der Waals surface area contributed by atoms with Gasteiger partial charge in [-0.1, -0.05) is 0 Å². The maximum Gasteiger partial charge on any atom is 0.272 e. The van der Waals surface area contributed by atoms with Crippen LogP contribution in [0.3, 0.4) is 0 Å². The molecule has 1 aliphatic heterocycles. The minimum atomic E-state index is -0.206. The van der Waals surface area contributed by atoms with E-state index in [2.05, 4.69) is 21.0 Å². The molecule has 4 rings (SSSR count). The van der Waals surface area contributed by atoms with Crippen molar-refractivity contribution in [2.75, 3.05) is 13.7 Å². The van der Waals surface area contributed by atoms with Gasteiger partial charge in [0.1, 0.15) is 16.6 Å². The largest absolute Gasteiger partial charge is 0.478 e. The van der Waals surface area contributed by atoms with Gasteiger partial charge in [0.2, 0.25) is 5.88 Å². The number of rotatable bonds is 6. The molecule has 0 fully saturated rings. The lowest BCUT2D eigenvalue weighted by molar-refractivity contribution is 0.0777. The van der Waals surface area contributed by atoms with Gasteiger partial charge in [-0.25, -0.2) is 4.98 Å². The number of thiophene rings is 1. The molecule has 0 N–H and O–H groups in total. The number of nitrogens with zero attached hydrogens (tertiary/aromatic N) is 5. The summed E-state index contributed by atoms with van der Waals surface area (Å²) in [7, 11) is 1.74. The highest BCUT2D eigenvalue weighted by Gasteiger charge is 2.20. The molecule has 0 unspecified atom stereocenters. The van der Waals surface area contributed by atoms with Crippen LogP contribution in [-0.4, -0.2) is 40.6 Å². The van der Waals surface area contributed by atoms with Crippen LogP contribution in [0.2, 0.25) is 0 Å². The second-order valence-corrected chi connectivity index (χ2v) is 7.70. The van der Waals surface area contributed by atoms with E-state index in [0.29, 0.717) is 36.1 Å². The van der Waals surface area contributed by atoms with Crippen LogP contribution in [0.1, 0.15) is 39.0 Å². The molecule has 0 atom stereocenters. The summed E-state index contributed by atoms with van der Waals surface area (Å²) in [5, 5.41) is 11.0. The monoisotopic (exact) mass is 417 g/mol. The van der Waals surface area contributed by atoms with Crippen molar-refractivity contribution >= 4 is 23.5 Å². The van der Waals surface area contributed by atoms with Gasteiger partial charge >= 0.3 is 0 Å². The number of nitriles is 1. The van der Waals surface area contributed by atoms with E-state index >= 15 is 0 Å². The van der Waals surface area contributed by atoms with Gasteiger partial charge in [0.25, 0.3) is 5.91 Å². The van der Waals surface area contributed by atoms with Crippen molar-refractivity contribution in [2.45, 2.75) is 20.0 Å². The van der Waals surface area contributed by atoms with Gasteiger partial charge in [0.15, 0.2) is 0 Å². The normalized spacial score (nSPS) is 11.8. The number of hydrogen-bond acceptors (Lipinski definition) is 7. The van der Waals surface area contributed by atoms with Gasteiger partial charge in [-0.05, 0) is 41.8 Å². The number of pyridine rings is 2. The molecule has 150 valence electrons. The fraction of sp³-hybridized carbons (Fsp3) is 0.227. The fourth-order valence-corrected chi connectivity index (χ4v) is 4.01. The Morgan fingerprint density at radius 1 is 1.37 bits per heavy atom. The van der Waals surface area contributed by atoms with Crippen LogP contribution in [0.25, 0.3) is 11.1 Å². The summed E-state index contributed by atoms with van der Waals surface area (Å²) in [6.45, 7) is 3.32. The molecule has 0 bridgehead atoms. The lowest BCUT2D eigenvalue weighted by Crippen LogP contribution is -2.27. The van der Waals surface area contributed by atoms with Crippen molar-refractivity contribution in [1.82, 2.24) is 14.9 Å². The van der Waals surface area contributed by atoms with E-state index in [-0.39, 0.29) is 5.91 Å². The van der Waals surface area contributed by atoms with Crippen LogP contribution in [0.15, 0.2) is 41.0 Å². The first kappa shape index (κ1) is 19.7. The summed E-state index contributed by atoms with van der Waals surface area (Å²) in [4.78, 5) is 28.3. The van der Waals surface area contributed by atoms with Gasteiger partial charge in [-0.3, -0.25) is 14.8 Å². The third-order valence-corrected chi connectivity index (χ3v) is 5.63. The summed E-state index contributed by atoms with van der Waals surface area (Å²) in [6.07, 6.45) is 5.38. The number of carbonyl (C=O) groups is 1. The minimum Gasteiger partial charge on any atom is -0.478 e. The Morgan fingerprint density at radius 3 is 3.00 bits per heavy atom. The molecule has 1 amide bonds. The van der Waals surface area contributed by atoms with Crippen LogP contribution >= 0.6 is 11.3 Å². The predicted octanol–water partition coefficient (Wildman–Crippen LogP) is 3.68. The number of aromatic nitrogens is 2. The van der Waals surface area contributed by atoms with E-state index in [1.54, 1.807) is 36.5 Å². The summed E-state index contributed by atoms with van der Waals surface area (Å²) >= 11 is 1.36. The number of aliphatic imine (C=N–C) groups is 1. The third kappa shape index (κ3) is 3.80. The molecule has 4 heterocycles. The number of amides is 1. The van der Waals surface area contributed by atoms with Crippen LogP contribution in [0.5, 0.6) is 5.88 Å². The van der Waals surface area contributed by atoms with Crippen molar-refractivity contribution in [2.24, 2.45) is 4.99 Å². The number of carbonyl (C=O) groups excluding carboxylic acids is 1. The first-order chi connectivity index (χ1) is 14.6. The van der Waals surface area contributed by atoms with Gasteiger partial charge in [-0.2, -0.15) is 5.26 Å². The first-order valence-corrected chi connectivity index (χ1v) is 10.3. The second-order valence-electron chi connectivity index (χ2n) is 6.79. The zero-order valence-electron chi connectivity index (χ0n) is 16.6. The fourth-order valence-electron chi connectivity index (χ4n) is 3.31. The zero-order chi connectivity index (χ0) is 21.1. The lowest BCUT2D eigenvalue weighted by atomic mass is 10.1. The molecule has 30 heavy (non-hydrogen) atoms. The molecule has 0 saturated heterocycles. The van der Waals surface area contributed by atoms with E-state index in [4.69, 9.17) is 10.00 Å². The SMILES string of the molecule is CCOc1nc(C(=O)N(C)Cc2cncc3c2CN=C3)ccc1-c1csc(C#N)c1. The Hall–Kier alpha value is -3.57. The first-order valence-electron chi connectivity index (χ1n) is 9.44. The second kappa shape index (κ2) is 8.43. The molecule has 7 nitrogen and oxygen atoms in total. The summed E-state index contributed by atoms with van der Waals surface area (Å²) < 4.78 is 5.70. The molecule has 0 aliphatic carbocycles. The molecule has 0 spiro atoms. The maximum absolute atomic E-state index is 13.0. The molecular formula is C22H19N5O2S. The zero-order valence-corrected chi connectivity index (χ0v) is 17.4. The van der Waals surface area contributed by atoms with Gasteiger partial charge in [-0.15, -0.1) is 11.3 Å². The lowest BCUT2D eigenvalue weighted by Gasteiger charge is -2.19. The summed E-state index contributed by atoms with van der Waals surface area (Å²) in [6, 6.07) is 7.44. The van der Waals surface area contributed by atoms with Crippen LogP contribution in [0, 0.1) is 11.3 Å². The molecular weight excluding hydrogens is 398 g/mol. The molecule has 8 heteroatoms. The Kier molecular flexibility index (Phi) is 5.55. The number of hydrogen-bond donors (Lipinski definition) is 0. The van der Waals surface area contributed by atoms with E-state index in [0.717, 1.165) is 27.8 Å². The van der Waals surface area contributed by atoms with E-state index in [1.807, 2.05) is 24.6 Å². The van der Waals surface area contributed by atoms with E-state index < -0.39 is 0 Å². The molecule has 1 aliphatic rings. The summed E-state index contributed by atoms with van der Waals surface area (Å²) in [5.74, 6) is 0.178. The Bertz CT molecular complexity index is 1180. The van der Waals surface area contributed by atoms with E-state index in [9.17, 15) is 4.79 Å². The molecule has 3 aromatic rings. The van der Waals surface area contributed by atoms with Gasteiger partial charge in [0.05, 0.1) is 13.2 Å². The topological polar surface area (TPSA) is 91.5 Å². The Balaban J connectivity index is 1.58. The third-order valence-electron chi connectivity index (χ3n) is 4.80. The van der Waals surface area contributed by atoms with Crippen molar-refractivity contribution in [1.29, 1.82) is 5.26 Å². The predicted molar refractivity (Wildman–Crippen MR) is 115 cm³/mol. The maximum atomic E-state index is 13.0.